The van der Waals surface area contributed by atoms with Gasteiger partial charge in [-0.25, -0.2) is 4.79 Å². The minimum Gasteiger partial charge on any atom is -0.478 e. The van der Waals surface area contributed by atoms with E-state index in [9.17, 15) is 4.79 Å². The van der Waals surface area contributed by atoms with E-state index in [0.29, 0.717) is 5.92 Å². The number of aliphatic carboxylic acids is 1. The van der Waals surface area contributed by atoms with Gasteiger partial charge in [0.1, 0.15) is 0 Å². The zero-order valence-electron chi connectivity index (χ0n) is 8.21. The molecular weight excluding hydrogens is 164 g/mol. The monoisotopic (exact) mass is 180 g/mol. The van der Waals surface area contributed by atoms with E-state index in [1.165, 1.54) is 30.9 Å². The minimum atomic E-state index is -0.782. The van der Waals surface area contributed by atoms with Gasteiger partial charge in [-0.1, -0.05) is 19.4 Å². The molecule has 0 aromatic carbocycles. The molecule has 2 bridgehead atoms. The van der Waals surface area contributed by atoms with Crippen LogP contribution in [0.1, 0.15) is 33.1 Å². The number of carbonyl (C=O) groups is 1. The lowest BCUT2D eigenvalue weighted by Crippen LogP contribution is -2.23. The number of carboxylic acid groups (broad SMARTS) is 1. The normalized spacial score (nSPS) is 38.5. The van der Waals surface area contributed by atoms with Gasteiger partial charge in [0.15, 0.2) is 0 Å². The summed E-state index contributed by atoms with van der Waals surface area (Å²) >= 11 is 0. The quantitative estimate of drug-likeness (QED) is 0.629. The minimum absolute atomic E-state index is 0.140. The Labute approximate surface area is 78.6 Å². The van der Waals surface area contributed by atoms with Crippen molar-refractivity contribution < 1.29 is 9.90 Å². The van der Waals surface area contributed by atoms with Crippen molar-refractivity contribution in [2.75, 3.05) is 0 Å². The summed E-state index contributed by atoms with van der Waals surface area (Å²) in [5.74, 6) is 0.509. The first-order valence-corrected chi connectivity index (χ1v) is 4.97. The van der Waals surface area contributed by atoms with E-state index in [0.717, 1.165) is 5.92 Å². The van der Waals surface area contributed by atoms with Crippen LogP contribution in [-0.4, -0.2) is 11.1 Å². The summed E-state index contributed by atoms with van der Waals surface area (Å²) < 4.78 is 0. The summed E-state index contributed by atoms with van der Waals surface area (Å²) in [6, 6.07) is 0. The molecule has 2 saturated carbocycles. The molecule has 0 unspecified atom stereocenters. The molecule has 0 heterocycles. The van der Waals surface area contributed by atoms with Gasteiger partial charge in [-0.05, 0) is 36.5 Å². The lowest BCUT2D eigenvalue weighted by Gasteiger charge is -2.32. The second-order valence-electron chi connectivity index (χ2n) is 4.87. The number of rotatable bonds is 1. The van der Waals surface area contributed by atoms with Gasteiger partial charge >= 0.3 is 5.97 Å². The zero-order valence-corrected chi connectivity index (χ0v) is 8.21. The molecule has 2 aliphatic carbocycles. The largest absolute Gasteiger partial charge is 0.478 e. The van der Waals surface area contributed by atoms with Crippen LogP contribution in [0.2, 0.25) is 0 Å². The van der Waals surface area contributed by atoms with Crippen LogP contribution in [0.4, 0.5) is 0 Å². The molecule has 2 aliphatic rings. The number of carboxylic acids is 1. The third-order valence-corrected chi connectivity index (χ3v) is 3.92. The highest BCUT2D eigenvalue weighted by atomic mass is 16.4. The fraction of sp³-hybridized carbons (Fsp3) is 0.727. The predicted molar refractivity (Wildman–Crippen MR) is 50.3 cm³/mol. The van der Waals surface area contributed by atoms with E-state index >= 15 is 0 Å². The third-order valence-electron chi connectivity index (χ3n) is 3.92. The van der Waals surface area contributed by atoms with Gasteiger partial charge in [0.2, 0.25) is 0 Å². The van der Waals surface area contributed by atoms with E-state index in [-0.39, 0.29) is 5.41 Å². The highest BCUT2D eigenvalue weighted by Gasteiger charge is 2.48. The van der Waals surface area contributed by atoms with Gasteiger partial charge in [-0.3, -0.25) is 0 Å². The Kier molecular flexibility index (Phi) is 1.76. The van der Waals surface area contributed by atoms with Crippen molar-refractivity contribution >= 4 is 5.97 Å². The lowest BCUT2D eigenvalue weighted by molar-refractivity contribution is -0.131. The smallest absolute Gasteiger partial charge is 0.328 e. The number of hydrogen-bond acceptors (Lipinski definition) is 1. The second kappa shape index (κ2) is 2.60. The van der Waals surface area contributed by atoms with Crippen molar-refractivity contribution in [3.05, 3.63) is 11.6 Å². The Hall–Kier alpha value is -0.790. The van der Waals surface area contributed by atoms with E-state index in [1.807, 2.05) is 0 Å². The van der Waals surface area contributed by atoms with Crippen molar-refractivity contribution in [1.82, 2.24) is 0 Å². The Morgan fingerprint density at radius 1 is 1.54 bits per heavy atom. The van der Waals surface area contributed by atoms with Crippen molar-refractivity contribution in [3.63, 3.8) is 0 Å². The molecule has 0 aromatic heterocycles. The van der Waals surface area contributed by atoms with Gasteiger partial charge in [-0.2, -0.15) is 0 Å². The number of hydrogen-bond donors (Lipinski definition) is 1. The highest BCUT2D eigenvalue weighted by molar-refractivity contribution is 5.81. The molecule has 2 atom stereocenters. The first-order chi connectivity index (χ1) is 6.01. The van der Waals surface area contributed by atoms with Crippen LogP contribution in [0.15, 0.2) is 11.6 Å². The summed E-state index contributed by atoms with van der Waals surface area (Å²) in [5, 5.41) is 8.76. The summed E-state index contributed by atoms with van der Waals surface area (Å²) in [5.41, 5.74) is 1.32. The standard InChI is InChI=1S/C11H16O2/c1-11(2)8-4-3-7(5-8)9(11)6-10(12)13/h6-8H,3-5H2,1-2H3,(H,12,13)/b9-6+/t7-,8+/m1/s1. The Morgan fingerprint density at radius 3 is 2.69 bits per heavy atom. The molecule has 1 N–H and O–H groups in total. The lowest BCUT2D eigenvalue weighted by atomic mass is 9.73. The van der Waals surface area contributed by atoms with Crippen LogP contribution < -0.4 is 0 Å². The molecule has 0 spiro atoms. The van der Waals surface area contributed by atoms with Crippen molar-refractivity contribution in [2.24, 2.45) is 17.3 Å². The predicted octanol–water partition coefficient (Wildman–Crippen LogP) is 2.45. The maximum Gasteiger partial charge on any atom is 0.328 e. The summed E-state index contributed by atoms with van der Waals surface area (Å²) in [6.07, 6.45) is 5.15. The van der Waals surface area contributed by atoms with Gasteiger partial charge < -0.3 is 5.11 Å². The maximum atomic E-state index is 10.6. The Balaban J connectivity index is 2.34. The van der Waals surface area contributed by atoms with Crippen molar-refractivity contribution in [1.29, 1.82) is 0 Å². The zero-order chi connectivity index (χ0) is 9.64. The molecule has 0 saturated heterocycles. The molecule has 13 heavy (non-hydrogen) atoms. The maximum absolute atomic E-state index is 10.6. The Morgan fingerprint density at radius 2 is 2.23 bits per heavy atom. The van der Waals surface area contributed by atoms with Gasteiger partial charge in [0.25, 0.3) is 0 Å². The van der Waals surface area contributed by atoms with Crippen LogP contribution in [0.25, 0.3) is 0 Å². The molecule has 0 amide bonds. The summed E-state index contributed by atoms with van der Waals surface area (Å²) in [4.78, 5) is 10.6. The average molecular weight is 180 g/mol. The van der Waals surface area contributed by atoms with Crippen molar-refractivity contribution in [2.45, 2.75) is 33.1 Å². The molecule has 0 radical (unpaired) electrons. The van der Waals surface area contributed by atoms with Gasteiger partial charge in [-0.15, -0.1) is 0 Å². The van der Waals surface area contributed by atoms with E-state index in [2.05, 4.69) is 13.8 Å². The summed E-state index contributed by atoms with van der Waals surface area (Å²) in [6.45, 7) is 4.37. The first kappa shape index (κ1) is 8.79. The first-order valence-electron chi connectivity index (χ1n) is 4.97. The van der Waals surface area contributed by atoms with E-state index in [1.54, 1.807) is 0 Å². The topological polar surface area (TPSA) is 37.3 Å². The fourth-order valence-corrected chi connectivity index (χ4v) is 3.12. The molecule has 72 valence electrons. The van der Waals surface area contributed by atoms with Crippen LogP contribution in [0, 0.1) is 17.3 Å². The van der Waals surface area contributed by atoms with Crippen LogP contribution in [0.5, 0.6) is 0 Å². The van der Waals surface area contributed by atoms with Crippen LogP contribution in [-0.2, 0) is 4.79 Å². The van der Waals surface area contributed by atoms with E-state index < -0.39 is 5.97 Å². The number of allylic oxidation sites excluding steroid dienone is 1. The van der Waals surface area contributed by atoms with Crippen molar-refractivity contribution in [3.8, 4) is 0 Å². The molecule has 2 heteroatoms. The molecule has 0 aliphatic heterocycles. The molecule has 2 rings (SSSR count). The van der Waals surface area contributed by atoms with Crippen LogP contribution in [0.3, 0.4) is 0 Å². The van der Waals surface area contributed by atoms with E-state index in [4.69, 9.17) is 5.11 Å². The summed E-state index contributed by atoms with van der Waals surface area (Å²) in [7, 11) is 0. The Bertz CT molecular complexity index is 276. The third kappa shape index (κ3) is 1.19. The number of fused-ring (bicyclic) bond motifs is 2. The molecule has 0 aromatic rings. The van der Waals surface area contributed by atoms with Gasteiger partial charge in [0, 0.05) is 6.08 Å². The van der Waals surface area contributed by atoms with Crippen LogP contribution >= 0.6 is 0 Å². The highest BCUT2D eigenvalue weighted by Crippen LogP contribution is 2.58. The molecule has 2 fully saturated rings. The second-order valence-corrected chi connectivity index (χ2v) is 4.87. The average Bonchev–Trinajstić information content (AvgIpc) is 2.53. The van der Waals surface area contributed by atoms with Gasteiger partial charge in [0.05, 0.1) is 0 Å². The molecular formula is C11H16O2. The molecule has 2 nitrogen and oxygen atoms in total. The fourth-order valence-electron chi connectivity index (χ4n) is 3.12. The SMILES string of the molecule is CC1(C)/C(=C/C(=O)O)[C@@H]2CC[C@H]1C2.